The summed E-state index contributed by atoms with van der Waals surface area (Å²) in [5.74, 6) is -1.72. The number of carbonyl (C=O) groups excluding carboxylic acids is 3. The lowest BCUT2D eigenvalue weighted by molar-refractivity contribution is -0.242. The molecule has 0 aromatic heterocycles. The van der Waals surface area contributed by atoms with E-state index in [1.165, 1.54) is 0 Å². The number of fused-ring (bicyclic) bond motifs is 4. The van der Waals surface area contributed by atoms with Gasteiger partial charge in [0.15, 0.2) is 11.6 Å². The van der Waals surface area contributed by atoms with Crippen molar-refractivity contribution in [2.75, 3.05) is 6.54 Å². The third-order valence-electron chi connectivity index (χ3n) is 14.1. The van der Waals surface area contributed by atoms with Gasteiger partial charge in [0.25, 0.3) is 0 Å². The highest BCUT2D eigenvalue weighted by molar-refractivity contribution is 6.05. The number of ketones is 2. The van der Waals surface area contributed by atoms with Gasteiger partial charge in [0.1, 0.15) is 18.2 Å². The van der Waals surface area contributed by atoms with Gasteiger partial charge in [0.05, 0.1) is 11.0 Å². The average molecular weight is 573 g/mol. The van der Waals surface area contributed by atoms with Crippen LogP contribution in [0.25, 0.3) is 0 Å². The molecule has 6 rings (SSSR count). The smallest absolute Gasteiger partial charge is 0.319 e. The molecule has 0 radical (unpaired) electrons. The minimum Gasteiger partial charge on any atom is -0.319 e. The van der Waals surface area contributed by atoms with Crippen molar-refractivity contribution in [3.8, 4) is 6.07 Å². The Labute approximate surface area is 241 Å². The van der Waals surface area contributed by atoms with E-state index >= 15 is 0 Å². The summed E-state index contributed by atoms with van der Waals surface area (Å²) in [6.07, 6.45) is 1.39. The second kappa shape index (κ2) is 7.85. The average Bonchev–Trinajstić information content (AvgIpc) is 2.99. The lowest BCUT2D eigenvalue weighted by Crippen LogP contribution is -2.78. The summed E-state index contributed by atoms with van der Waals surface area (Å²) in [6.45, 7) is 12.8. The van der Waals surface area contributed by atoms with Gasteiger partial charge in [-0.05, 0) is 73.0 Å². The molecular weight excluding hydrogens is 529 g/mol. The second-order valence-corrected chi connectivity index (χ2v) is 16.5. The predicted octanol–water partition coefficient (Wildman–Crippen LogP) is 6.81. The maximum Gasteiger partial charge on any atom is 0.406 e. The number of likely N-dealkylation sites (tertiary alicyclic amines) is 1. The van der Waals surface area contributed by atoms with E-state index in [1.807, 2.05) is 20.8 Å². The Morgan fingerprint density at radius 2 is 1.56 bits per heavy atom. The molecular formula is C33H43F3N2O3. The number of Topliss-reactive ketones (excluding diaryl/α,β-unsaturated/α-hetero) is 2. The Bertz CT molecular complexity index is 1340. The molecule has 2 bridgehead atoms. The standard InChI is InChI=1S/C33H43F3N2O3/c1-26(2)10-12-31-13-11-30(7)29(6)9-8-20-27(3,4)24(40)19(17-37)15-28(20,5)21(29)14-23(39)33(30,22(31)16-26)38(25(31)41)18-32(34,35)36/h15,20-22H,8-14,16,18H2,1-7H3/t20?,21?,22?,28-,29+,30-,31-,33+/m0/s1. The van der Waals surface area contributed by atoms with Crippen molar-refractivity contribution >= 4 is 17.5 Å². The molecule has 3 unspecified atom stereocenters. The number of allylic oxidation sites excluding steroid dienone is 2. The predicted molar refractivity (Wildman–Crippen MR) is 146 cm³/mol. The molecule has 41 heavy (non-hydrogen) atoms. The van der Waals surface area contributed by atoms with Crippen LogP contribution in [0.4, 0.5) is 13.2 Å². The summed E-state index contributed by atoms with van der Waals surface area (Å²) < 4.78 is 42.9. The fourth-order valence-electron chi connectivity index (χ4n) is 12.1. The highest BCUT2D eigenvalue weighted by atomic mass is 19.4. The number of amides is 1. The van der Waals surface area contributed by atoms with Crippen molar-refractivity contribution in [3.05, 3.63) is 11.6 Å². The maximum absolute atomic E-state index is 15.0. The van der Waals surface area contributed by atoms with Crippen molar-refractivity contribution in [3.63, 3.8) is 0 Å². The summed E-state index contributed by atoms with van der Waals surface area (Å²) in [4.78, 5) is 43.6. The van der Waals surface area contributed by atoms with E-state index in [1.54, 1.807) is 6.08 Å². The first-order valence-electron chi connectivity index (χ1n) is 15.3. The molecule has 5 aliphatic carbocycles. The number of nitrogens with zero attached hydrogens (tertiary/aromatic N) is 2. The van der Waals surface area contributed by atoms with Gasteiger partial charge < -0.3 is 4.90 Å². The number of hydrogen-bond acceptors (Lipinski definition) is 4. The van der Waals surface area contributed by atoms with Gasteiger partial charge in [-0.3, -0.25) is 14.4 Å². The molecule has 8 heteroatoms. The number of rotatable bonds is 1. The van der Waals surface area contributed by atoms with E-state index in [0.29, 0.717) is 38.5 Å². The van der Waals surface area contributed by atoms with Crippen LogP contribution in [-0.2, 0) is 14.4 Å². The normalized spacial score (nSPS) is 47.9. The Morgan fingerprint density at radius 3 is 2.17 bits per heavy atom. The van der Waals surface area contributed by atoms with E-state index < -0.39 is 57.2 Å². The summed E-state index contributed by atoms with van der Waals surface area (Å²) >= 11 is 0. The van der Waals surface area contributed by atoms with Crippen LogP contribution in [0.2, 0.25) is 0 Å². The van der Waals surface area contributed by atoms with Gasteiger partial charge in [-0.2, -0.15) is 18.4 Å². The van der Waals surface area contributed by atoms with Gasteiger partial charge in [-0.25, -0.2) is 0 Å². The van der Waals surface area contributed by atoms with E-state index in [0.717, 1.165) is 11.3 Å². The van der Waals surface area contributed by atoms with Crippen LogP contribution in [-0.4, -0.2) is 40.6 Å². The van der Waals surface area contributed by atoms with E-state index in [4.69, 9.17) is 0 Å². The fraction of sp³-hybridized carbons (Fsp3) is 0.818. The van der Waals surface area contributed by atoms with Crippen LogP contribution in [0.3, 0.4) is 0 Å². The molecule has 4 saturated carbocycles. The third kappa shape index (κ3) is 3.12. The van der Waals surface area contributed by atoms with E-state index in [2.05, 4.69) is 33.8 Å². The highest BCUT2D eigenvalue weighted by Gasteiger charge is 2.84. The second-order valence-electron chi connectivity index (χ2n) is 16.5. The SMILES string of the molecule is CC1(C)CC[C@]23CC[C@@]4(C)[C@]5(C)CCC6C(C)(C)C(=O)C(C#N)=C[C@]6(C)C5CC(=O)[C@@]4(C2C1)N(CC(F)(F)F)C3=O. The molecule has 0 aromatic carbocycles. The van der Waals surface area contributed by atoms with Gasteiger partial charge in [-0.15, -0.1) is 0 Å². The molecule has 224 valence electrons. The number of nitriles is 1. The van der Waals surface area contributed by atoms with Crippen LogP contribution < -0.4 is 0 Å². The van der Waals surface area contributed by atoms with Gasteiger partial charge >= 0.3 is 6.18 Å². The molecule has 1 saturated heterocycles. The first-order valence-corrected chi connectivity index (χ1v) is 15.3. The van der Waals surface area contributed by atoms with E-state index in [-0.39, 0.29) is 40.8 Å². The Kier molecular flexibility index (Phi) is 5.54. The molecule has 1 heterocycles. The molecule has 1 amide bonds. The Morgan fingerprint density at radius 1 is 0.927 bits per heavy atom. The summed E-state index contributed by atoms with van der Waals surface area (Å²) in [6, 6.07) is 2.11. The van der Waals surface area contributed by atoms with Crippen molar-refractivity contribution in [1.82, 2.24) is 4.90 Å². The summed E-state index contributed by atoms with van der Waals surface area (Å²) in [7, 11) is 0. The quantitative estimate of drug-likeness (QED) is 0.346. The number of carbonyl (C=O) groups is 3. The van der Waals surface area contributed by atoms with Gasteiger partial charge in [0.2, 0.25) is 5.91 Å². The molecule has 0 N–H and O–H groups in total. The lowest BCUT2D eigenvalue weighted by atomic mass is 9.30. The molecule has 0 aromatic rings. The third-order valence-corrected chi connectivity index (χ3v) is 14.1. The van der Waals surface area contributed by atoms with Crippen LogP contribution >= 0.6 is 0 Å². The molecule has 5 fully saturated rings. The zero-order valence-corrected chi connectivity index (χ0v) is 25.4. The largest absolute Gasteiger partial charge is 0.406 e. The van der Waals surface area contributed by atoms with Crippen molar-refractivity contribution in [2.24, 2.45) is 50.2 Å². The summed E-state index contributed by atoms with van der Waals surface area (Å²) in [5, 5.41) is 9.93. The topological polar surface area (TPSA) is 78.2 Å². The van der Waals surface area contributed by atoms with Gasteiger partial charge in [-0.1, -0.05) is 54.5 Å². The van der Waals surface area contributed by atoms with E-state index in [9.17, 15) is 32.8 Å². The zero-order valence-electron chi connectivity index (χ0n) is 25.4. The minimum absolute atomic E-state index is 0.0488. The Hall–Kier alpha value is -2.17. The number of halogens is 3. The monoisotopic (exact) mass is 572 g/mol. The Balaban J connectivity index is 1.59. The molecule has 5 nitrogen and oxygen atoms in total. The first kappa shape index (κ1) is 28.9. The lowest BCUT2D eigenvalue weighted by Gasteiger charge is -2.73. The number of hydrogen-bond donors (Lipinski definition) is 0. The fourth-order valence-corrected chi connectivity index (χ4v) is 12.1. The molecule has 1 spiro atoms. The van der Waals surface area contributed by atoms with Crippen molar-refractivity contribution in [2.45, 2.75) is 112 Å². The van der Waals surface area contributed by atoms with Crippen LogP contribution in [0.5, 0.6) is 0 Å². The maximum atomic E-state index is 15.0. The summed E-state index contributed by atoms with van der Waals surface area (Å²) in [5.41, 5.74) is -5.44. The molecule has 8 atom stereocenters. The molecule has 6 aliphatic rings. The van der Waals surface area contributed by atoms with Crippen molar-refractivity contribution in [1.29, 1.82) is 5.26 Å². The highest BCUT2D eigenvalue weighted by Crippen LogP contribution is 2.80. The first-order chi connectivity index (χ1) is 18.7. The van der Waals surface area contributed by atoms with Crippen molar-refractivity contribution < 1.29 is 27.6 Å². The zero-order chi connectivity index (χ0) is 30.4. The van der Waals surface area contributed by atoms with Gasteiger partial charge in [0, 0.05) is 23.2 Å². The van der Waals surface area contributed by atoms with Crippen LogP contribution in [0.1, 0.15) is 99.8 Å². The van der Waals surface area contributed by atoms with Crippen LogP contribution in [0, 0.1) is 61.6 Å². The minimum atomic E-state index is -4.63. The molecule has 1 aliphatic heterocycles. The number of alkyl halides is 3. The van der Waals surface area contributed by atoms with Crippen LogP contribution in [0.15, 0.2) is 11.6 Å².